The molecule has 0 fully saturated rings. The standard InChI is InChI=1S/C27H26N4O6S/c1-4-8-18-15-21(32)31-22(24(33)30-19-9-6-7-10-20(19)36-3)23(38-27(31)29-18)25(34)28-17-13-11-16(12-14-17)26(35)37-5-2/h6-7,9-15H,4-5,8H2,1-3H3,(H,28,34)(H,30,33). The molecule has 10 nitrogen and oxygen atoms in total. The molecule has 0 saturated heterocycles. The molecule has 0 atom stereocenters. The third kappa shape index (κ3) is 5.57. The zero-order valence-electron chi connectivity index (χ0n) is 21.1. The number of methoxy groups -OCH3 is 1. The van der Waals surface area contributed by atoms with Crippen LogP contribution in [0.5, 0.6) is 5.75 Å². The van der Waals surface area contributed by atoms with E-state index in [1.807, 2.05) is 6.92 Å². The van der Waals surface area contributed by atoms with Crippen molar-refractivity contribution < 1.29 is 23.9 Å². The van der Waals surface area contributed by atoms with Gasteiger partial charge in [-0.3, -0.25) is 14.4 Å². The Kier molecular flexibility index (Phi) is 8.17. The predicted molar refractivity (Wildman–Crippen MR) is 145 cm³/mol. The molecule has 0 aliphatic heterocycles. The number of ether oxygens (including phenoxy) is 2. The van der Waals surface area contributed by atoms with Crippen LogP contribution in [0.2, 0.25) is 0 Å². The fraction of sp³-hybridized carbons (Fsp3) is 0.222. The van der Waals surface area contributed by atoms with Gasteiger partial charge in [0.05, 0.1) is 25.0 Å². The van der Waals surface area contributed by atoms with Gasteiger partial charge in [-0.1, -0.05) is 36.8 Å². The van der Waals surface area contributed by atoms with E-state index in [1.54, 1.807) is 43.3 Å². The Labute approximate surface area is 222 Å². The number of carbonyl (C=O) groups excluding carboxylic acids is 3. The van der Waals surface area contributed by atoms with E-state index in [0.29, 0.717) is 34.8 Å². The summed E-state index contributed by atoms with van der Waals surface area (Å²) in [5, 5.41) is 5.47. The van der Waals surface area contributed by atoms with Crippen molar-refractivity contribution in [1.29, 1.82) is 0 Å². The number of nitrogens with one attached hydrogen (secondary N) is 2. The number of anilines is 2. The van der Waals surface area contributed by atoms with Crippen LogP contribution in [0.1, 0.15) is 56.5 Å². The number of carbonyl (C=O) groups is 3. The number of rotatable bonds is 9. The van der Waals surface area contributed by atoms with Crippen molar-refractivity contribution >= 4 is 45.5 Å². The van der Waals surface area contributed by atoms with Crippen LogP contribution in [-0.2, 0) is 11.2 Å². The maximum absolute atomic E-state index is 13.5. The van der Waals surface area contributed by atoms with Crippen molar-refractivity contribution in [3.63, 3.8) is 0 Å². The number of aromatic nitrogens is 2. The lowest BCUT2D eigenvalue weighted by atomic mass is 10.2. The lowest BCUT2D eigenvalue weighted by molar-refractivity contribution is 0.0526. The number of esters is 1. The van der Waals surface area contributed by atoms with Crippen LogP contribution in [0.4, 0.5) is 11.4 Å². The minimum atomic E-state index is -0.671. The van der Waals surface area contributed by atoms with Gasteiger partial charge >= 0.3 is 5.97 Å². The van der Waals surface area contributed by atoms with E-state index < -0.39 is 23.3 Å². The van der Waals surface area contributed by atoms with E-state index in [-0.39, 0.29) is 22.1 Å². The van der Waals surface area contributed by atoms with Crippen LogP contribution in [0, 0.1) is 0 Å². The van der Waals surface area contributed by atoms with E-state index >= 15 is 0 Å². The Hall–Kier alpha value is -4.51. The Bertz CT molecular complexity index is 1560. The van der Waals surface area contributed by atoms with Crippen LogP contribution in [0.3, 0.4) is 0 Å². The quantitative estimate of drug-likeness (QED) is 0.305. The monoisotopic (exact) mass is 534 g/mol. The van der Waals surface area contributed by atoms with Gasteiger partial charge in [-0.05, 0) is 49.7 Å². The fourth-order valence-electron chi connectivity index (χ4n) is 3.79. The molecular weight excluding hydrogens is 508 g/mol. The average molecular weight is 535 g/mol. The lowest BCUT2D eigenvalue weighted by Gasteiger charge is -2.11. The van der Waals surface area contributed by atoms with Gasteiger partial charge in [0.1, 0.15) is 16.3 Å². The number of para-hydroxylation sites is 2. The first-order valence-electron chi connectivity index (χ1n) is 11.9. The first-order chi connectivity index (χ1) is 18.4. The molecule has 0 unspecified atom stereocenters. The number of thiazole rings is 1. The number of aryl methyl sites for hydroxylation is 1. The SMILES string of the molecule is CCCc1cc(=O)n2c(C(=O)Nc3ccccc3OC)c(C(=O)Nc3ccc(C(=O)OCC)cc3)sc2n1. The van der Waals surface area contributed by atoms with Crippen LogP contribution in [0.25, 0.3) is 4.96 Å². The Morgan fingerprint density at radius 3 is 2.42 bits per heavy atom. The predicted octanol–water partition coefficient (Wildman–Crippen LogP) is 4.40. The molecule has 2 aromatic heterocycles. The number of fused-ring (bicyclic) bond motifs is 1. The molecule has 2 aromatic carbocycles. The third-order valence-corrected chi connectivity index (χ3v) is 6.55. The number of hydrogen-bond donors (Lipinski definition) is 2. The van der Waals surface area contributed by atoms with E-state index in [0.717, 1.165) is 22.2 Å². The number of amides is 2. The van der Waals surface area contributed by atoms with Crippen LogP contribution >= 0.6 is 11.3 Å². The van der Waals surface area contributed by atoms with Crippen molar-refractivity contribution in [3.05, 3.63) is 86.8 Å². The third-order valence-electron chi connectivity index (χ3n) is 5.51. The van der Waals surface area contributed by atoms with Crippen LogP contribution < -0.4 is 20.9 Å². The van der Waals surface area contributed by atoms with Crippen LogP contribution in [0.15, 0.2) is 59.4 Å². The summed E-state index contributed by atoms with van der Waals surface area (Å²) in [6, 6.07) is 14.3. The summed E-state index contributed by atoms with van der Waals surface area (Å²) >= 11 is 0.943. The first-order valence-corrected chi connectivity index (χ1v) is 12.8. The Morgan fingerprint density at radius 1 is 1.00 bits per heavy atom. The van der Waals surface area contributed by atoms with Gasteiger partial charge in [0, 0.05) is 17.4 Å². The molecule has 196 valence electrons. The fourth-order valence-corrected chi connectivity index (χ4v) is 4.83. The van der Waals surface area contributed by atoms with Crippen molar-refractivity contribution in [2.24, 2.45) is 0 Å². The second-order valence-electron chi connectivity index (χ2n) is 8.14. The number of nitrogens with zero attached hydrogens (tertiary/aromatic N) is 2. The van der Waals surface area contributed by atoms with Gasteiger partial charge in [0.25, 0.3) is 17.4 Å². The largest absolute Gasteiger partial charge is 0.495 e. The maximum Gasteiger partial charge on any atom is 0.338 e. The van der Waals surface area contributed by atoms with Crippen LogP contribution in [-0.4, -0.2) is 40.9 Å². The molecule has 0 spiro atoms. The van der Waals surface area contributed by atoms with E-state index in [4.69, 9.17) is 9.47 Å². The minimum absolute atomic E-state index is 0.00474. The second-order valence-corrected chi connectivity index (χ2v) is 9.12. The van der Waals surface area contributed by atoms with Gasteiger partial charge in [-0.2, -0.15) is 0 Å². The molecule has 4 aromatic rings. The Morgan fingerprint density at radius 2 is 1.74 bits per heavy atom. The summed E-state index contributed by atoms with van der Waals surface area (Å²) in [6.45, 7) is 3.93. The number of benzene rings is 2. The number of hydrogen-bond acceptors (Lipinski definition) is 8. The first kappa shape index (κ1) is 26.6. The summed E-state index contributed by atoms with van der Waals surface area (Å²) in [7, 11) is 1.47. The molecule has 0 bridgehead atoms. The summed E-state index contributed by atoms with van der Waals surface area (Å²) < 4.78 is 11.4. The zero-order chi connectivity index (χ0) is 27.2. The minimum Gasteiger partial charge on any atom is -0.495 e. The van der Waals surface area contributed by atoms with E-state index in [1.165, 1.54) is 25.3 Å². The molecule has 2 heterocycles. The normalized spacial score (nSPS) is 10.7. The summed E-state index contributed by atoms with van der Waals surface area (Å²) in [5.41, 5.74) is 1.09. The highest BCUT2D eigenvalue weighted by Crippen LogP contribution is 2.27. The average Bonchev–Trinajstić information content (AvgIpc) is 3.30. The highest BCUT2D eigenvalue weighted by Gasteiger charge is 2.27. The van der Waals surface area contributed by atoms with Gasteiger partial charge in [-0.15, -0.1) is 0 Å². The second kappa shape index (κ2) is 11.7. The molecule has 0 saturated carbocycles. The van der Waals surface area contributed by atoms with E-state index in [2.05, 4.69) is 15.6 Å². The van der Waals surface area contributed by atoms with Gasteiger partial charge in [-0.25, -0.2) is 14.2 Å². The van der Waals surface area contributed by atoms with Gasteiger partial charge < -0.3 is 20.1 Å². The van der Waals surface area contributed by atoms with Gasteiger partial charge in [0.15, 0.2) is 4.96 Å². The van der Waals surface area contributed by atoms with E-state index in [9.17, 15) is 19.2 Å². The molecule has 38 heavy (non-hydrogen) atoms. The van der Waals surface area contributed by atoms with Crippen molar-refractivity contribution in [1.82, 2.24) is 9.38 Å². The summed E-state index contributed by atoms with van der Waals surface area (Å²) in [6.07, 6.45) is 1.37. The van der Waals surface area contributed by atoms with Crippen molar-refractivity contribution in [3.8, 4) is 5.75 Å². The summed E-state index contributed by atoms with van der Waals surface area (Å²) in [5.74, 6) is -1.33. The van der Waals surface area contributed by atoms with Crippen molar-refractivity contribution in [2.45, 2.75) is 26.7 Å². The molecule has 4 rings (SSSR count). The van der Waals surface area contributed by atoms with Crippen molar-refractivity contribution in [2.75, 3.05) is 24.4 Å². The molecule has 2 amide bonds. The maximum atomic E-state index is 13.5. The molecule has 2 N–H and O–H groups in total. The highest BCUT2D eigenvalue weighted by molar-refractivity contribution is 7.19. The summed E-state index contributed by atoms with van der Waals surface area (Å²) in [4.78, 5) is 56.6. The lowest BCUT2D eigenvalue weighted by Crippen LogP contribution is -2.25. The molecule has 11 heteroatoms. The smallest absolute Gasteiger partial charge is 0.338 e. The Balaban J connectivity index is 1.74. The highest BCUT2D eigenvalue weighted by atomic mass is 32.1. The molecule has 0 aliphatic carbocycles. The van der Waals surface area contributed by atoms with Gasteiger partial charge in [0.2, 0.25) is 0 Å². The molecular formula is C27H26N4O6S. The molecule has 0 aliphatic rings. The molecule has 0 radical (unpaired) electrons. The topological polar surface area (TPSA) is 128 Å². The zero-order valence-corrected chi connectivity index (χ0v) is 21.9.